The first-order valence-corrected chi connectivity index (χ1v) is 10.7. The first-order valence-electron chi connectivity index (χ1n) is 10.7. The van der Waals surface area contributed by atoms with Crippen LogP contribution in [0, 0.1) is 0 Å². The van der Waals surface area contributed by atoms with Crippen LogP contribution in [0.2, 0.25) is 0 Å². The number of aryl methyl sites for hydroxylation is 3. The number of nitrogens with one attached hydrogen (secondary N) is 1. The van der Waals surface area contributed by atoms with E-state index in [0.29, 0.717) is 12.8 Å². The number of para-hydroxylation sites is 2. The summed E-state index contributed by atoms with van der Waals surface area (Å²) in [4.78, 5) is 29.6. The molecular weight excluding hydrogens is 390 g/mol. The largest absolute Gasteiger partial charge is 0.346 e. The number of carbonyl (C=O) groups excluding carboxylic acids is 1. The predicted molar refractivity (Wildman–Crippen MR) is 123 cm³/mol. The lowest BCUT2D eigenvalue weighted by Gasteiger charge is -2.19. The van der Waals surface area contributed by atoms with Gasteiger partial charge in [-0.1, -0.05) is 18.2 Å². The Balaban J connectivity index is 1.48. The third-order valence-corrected chi connectivity index (χ3v) is 5.88. The zero-order valence-corrected chi connectivity index (χ0v) is 18.7. The van der Waals surface area contributed by atoms with Crippen LogP contribution in [0.1, 0.15) is 50.7 Å². The number of benzene rings is 2. The van der Waals surface area contributed by atoms with Gasteiger partial charge in [-0.25, -0.2) is 9.78 Å². The molecule has 0 radical (unpaired) electrons. The van der Waals surface area contributed by atoms with Crippen molar-refractivity contribution < 1.29 is 4.79 Å². The summed E-state index contributed by atoms with van der Waals surface area (Å²) in [6, 6.07) is 14.0. The molecule has 0 aliphatic rings. The van der Waals surface area contributed by atoms with E-state index in [4.69, 9.17) is 4.98 Å². The van der Waals surface area contributed by atoms with Crippen molar-refractivity contribution in [2.45, 2.75) is 45.7 Å². The second-order valence-electron chi connectivity index (χ2n) is 8.44. The van der Waals surface area contributed by atoms with Crippen LogP contribution in [-0.4, -0.2) is 24.6 Å². The number of rotatable bonds is 6. The Kier molecular flexibility index (Phi) is 5.43. The van der Waals surface area contributed by atoms with Crippen LogP contribution in [0.25, 0.3) is 22.1 Å². The minimum Gasteiger partial charge on any atom is -0.346 e. The van der Waals surface area contributed by atoms with E-state index in [1.54, 1.807) is 23.2 Å². The second kappa shape index (κ2) is 8.06. The Hall–Kier alpha value is -3.35. The minimum atomic E-state index is -0.195. The normalized spacial score (nSPS) is 12.7. The molecule has 0 spiro atoms. The molecule has 7 heteroatoms. The van der Waals surface area contributed by atoms with Crippen molar-refractivity contribution in [2.75, 3.05) is 0 Å². The van der Waals surface area contributed by atoms with Gasteiger partial charge < -0.3 is 9.88 Å². The fraction of sp³-hybridized carbons (Fsp3) is 0.375. The Morgan fingerprint density at radius 3 is 2.45 bits per heavy atom. The van der Waals surface area contributed by atoms with Crippen LogP contribution >= 0.6 is 0 Å². The molecule has 4 rings (SSSR count). The number of nitrogens with zero attached hydrogens (tertiary/aromatic N) is 4. The molecule has 0 fully saturated rings. The quantitative estimate of drug-likeness (QED) is 0.519. The molecule has 7 nitrogen and oxygen atoms in total. The van der Waals surface area contributed by atoms with E-state index in [1.807, 2.05) is 43.3 Å². The van der Waals surface area contributed by atoms with E-state index < -0.39 is 0 Å². The number of aromatic nitrogens is 4. The number of hydrogen-bond donors (Lipinski definition) is 1. The van der Waals surface area contributed by atoms with E-state index in [2.05, 4.69) is 29.8 Å². The molecule has 0 bridgehead atoms. The molecule has 1 atom stereocenters. The molecule has 1 N–H and O–H groups in total. The molecule has 4 aromatic rings. The topological polar surface area (TPSA) is 73.8 Å². The standard InChI is InChI=1S/C24H29N5O2/c1-15(2)29-19-9-7-6-8-18(19)26-23(29)16(3)25-22(30)13-11-17-10-12-20-21(14-17)28(5)24(31)27(20)4/h6-10,12,14-16H,11,13H2,1-5H3,(H,25,30). The molecule has 2 heterocycles. The number of carbonyl (C=O) groups is 1. The first kappa shape index (κ1) is 20.9. The fourth-order valence-electron chi connectivity index (χ4n) is 4.26. The van der Waals surface area contributed by atoms with E-state index in [0.717, 1.165) is 33.5 Å². The molecule has 0 saturated carbocycles. The summed E-state index contributed by atoms with van der Waals surface area (Å²) < 4.78 is 5.45. The van der Waals surface area contributed by atoms with Gasteiger partial charge in [0.05, 0.1) is 28.1 Å². The SMILES string of the molecule is CC(NC(=O)CCc1ccc2c(c1)n(C)c(=O)n2C)c1nc2ccccc2n1C(C)C. The van der Waals surface area contributed by atoms with Crippen LogP contribution < -0.4 is 11.0 Å². The molecule has 0 aliphatic carbocycles. The van der Waals surface area contributed by atoms with Crippen LogP contribution in [0.5, 0.6) is 0 Å². The number of amides is 1. The van der Waals surface area contributed by atoms with Gasteiger partial charge in [0.25, 0.3) is 0 Å². The average Bonchev–Trinajstić information content (AvgIpc) is 3.24. The van der Waals surface area contributed by atoms with Crippen molar-refractivity contribution in [1.82, 2.24) is 24.0 Å². The molecular formula is C24H29N5O2. The molecule has 2 aromatic heterocycles. The predicted octanol–water partition coefficient (Wildman–Crippen LogP) is 3.62. The van der Waals surface area contributed by atoms with Gasteiger partial charge in [-0.3, -0.25) is 13.9 Å². The van der Waals surface area contributed by atoms with Gasteiger partial charge in [0.1, 0.15) is 5.82 Å². The summed E-state index contributed by atoms with van der Waals surface area (Å²) in [5, 5.41) is 3.10. The van der Waals surface area contributed by atoms with Crippen molar-refractivity contribution >= 4 is 28.0 Å². The molecule has 2 aromatic carbocycles. The van der Waals surface area contributed by atoms with Crippen molar-refractivity contribution in [2.24, 2.45) is 14.1 Å². The summed E-state index contributed by atoms with van der Waals surface area (Å²) in [6.07, 6.45) is 0.983. The van der Waals surface area contributed by atoms with Gasteiger partial charge in [-0.2, -0.15) is 0 Å². The van der Waals surface area contributed by atoms with Gasteiger partial charge in [-0.15, -0.1) is 0 Å². The lowest BCUT2D eigenvalue weighted by Crippen LogP contribution is -2.29. The molecule has 1 amide bonds. The van der Waals surface area contributed by atoms with Gasteiger partial charge in [-0.05, 0) is 57.0 Å². The maximum absolute atomic E-state index is 12.7. The lowest BCUT2D eigenvalue weighted by molar-refractivity contribution is -0.121. The van der Waals surface area contributed by atoms with Crippen LogP contribution in [0.15, 0.2) is 47.3 Å². The highest BCUT2D eigenvalue weighted by atomic mass is 16.2. The average molecular weight is 420 g/mol. The highest BCUT2D eigenvalue weighted by Gasteiger charge is 2.20. The summed E-state index contributed by atoms with van der Waals surface area (Å²) in [7, 11) is 3.54. The highest BCUT2D eigenvalue weighted by molar-refractivity contribution is 5.79. The molecule has 0 aliphatic heterocycles. The van der Waals surface area contributed by atoms with E-state index in [-0.39, 0.29) is 23.7 Å². The Morgan fingerprint density at radius 2 is 1.71 bits per heavy atom. The van der Waals surface area contributed by atoms with Gasteiger partial charge in [0.2, 0.25) is 5.91 Å². The van der Waals surface area contributed by atoms with Gasteiger partial charge in [0.15, 0.2) is 0 Å². The summed E-state index contributed by atoms with van der Waals surface area (Å²) >= 11 is 0. The first-order chi connectivity index (χ1) is 14.8. The van der Waals surface area contributed by atoms with Gasteiger partial charge >= 0.3 is 5.69 Å². The zero-order chi connectivity index (χ0) is 22.3. The monoisotopic (exact) mass is 419 g/mol. The molecule has 31 heavy (non-hydrogen) atoms. The minimum absolute atomic E-state index is 0.0168. The molecule has 0 saturated heterocycles. The van der Waals surface area contributed by atoms with Gasteiger partial charge in [0, 0.05) is 26.6 Å². The Labute approximate surface area is 181 Å². The van der Waals surface area contributed by atoms with Crippen molar-refractivity contribution in [3.8, 4) is 0 Å². The van der Waals surface area contributed by atoms with Crippen molar-refractivity contribution in [1.29, 1.82) is 0 Å². The Morgan fingerprint density at radius 1 is 1.00 bits per heavy atom. The number of imidazole rings is 2. The van der Waals surface area contributed by atoms with Crippen LogP contribution in [-0.2, 0) is 25.3 Å². The van der Waals surface area contributed by atoms with E-state index in [9.17, 15) is 9.59 Å². The van der Waals surface area contributed by atoms with E-state index >= 15 is 0 Å². The van der Waals surface area contributed by atoms with Crippen molar-refractivity contribution in [3.63, 3.8) is 0 Å². The number of hydrogen-bond acceptors (Lipinski definition) is 3. The highest BCUT2D eigenvalue weighted by Crippen LogP contribution is 2.25. The summed E-state index contributed by atoms with van der Waals surface area (Å²) in [5.41, 5.74) is 4.77. The Bertz CT molecular complexity index is 1330. The van der Waals surface area contributed by atoms with Crippen LogP contribution in [0.3, 0.4) is 0 Å². The zero-order valence-electron chi connectivity index (χ0n) is 18.7. The maximum Gasteiger partial charge on any atom is 0.328 e. The third-order valence-electron chi connectivity index (χ3n) is 5.88. The third kappa shape index (κ3) is 3.76. The maximum atomic E-state index is 12.7. The molecule has 1 unspecified atom stereocenters. The second-order valence-corrected chi connectivity index (χ2v) is 8.44. The smallest absolute Gasteiger partial charge is 0.328 e. The lowest BCUT2D eigenvalue weighted by atomic mass is 10.1. The number of fused-ring (bicyclic) bond motifs is 2. The summed E-state index contributed by atoms with van der Waals surface area (Å²) in [5.74, 6) is 0.849. The molecule has 162 valence electrons. The van der Waals surface area contributed by atoms with Crippen LogP contribution in [0.4, 0.5) is 0 Å². The van der Waals surface area contributed by atoms with E-state index in [1.165, 1.54) is 0 Å². The van der Waals surface area contributed by atoms with Crippen molar-refractivity contribution in [3.05, 3.63) is 64.3 Å². The fourth-order valence-corrected chi connectivity index (χ4v) is 4.26. The summed E-state index contributed by atoms with van der Waals surface area (Å²) in [6.45, 7) is 6.22.